The van der Waals surface area contributed by atoms with Crippen molar-refractivity contribution in [1.29, 1.82) is 0 Å². The van der Waals surface area contributed by atoms with Crippen LogP contribution in [-0.2, 0) is 12.8 Å². The topological polar surface area (TPSA) is 69.1 Å². The number of benzene rings is 2. The van der Waals surface area contributed by atoms with Crippen LogP contribution in [-0.4, -0.2) is 5.91 Å². The number of aryl methyl sites for hydroxylation is 2. The second kappa shape index (κ2) is 9.90. The van der Waals surface area contributed by atoms with Crippen molar-refractivity contribution in [3.05, 3.63) is 64.2 Å². The molecule has 1 aliphatic rings. The first-order valence-corrected chi connectivity index (χ1v) is 8.36. The number of carbonyl (C=O) groups is 1. The van der Waals surface area contributed by atoms with Crippen LogP contribution in [0.4, 0.5) is 5.69 Å². The molecule has 0 atom stereocenters. The highest BCUT2D eigenvalue weighted by Crippen LogP contribution is 2.23. The number of nitrogen functional groups attached to an aromatic ring is 1. The molecule has 0 aromatic heterocycles. The van der Waals surface area contributed by atoms with Crippen molar-refractivity contribution < 1.29 is 4.79 Å². The van der Waals surface area contributed by atoms with Gasteiger partial charge in [0.1, 0.15) is 0 Å². The second-order valence-electron chi connectivity index (χ2n) is 5.11. The number of primary amides is 1. The highest BCUT2D eigenvalue weighted by Gasteiger charge is 2.08. The number of carbonyl (C=O) groups excluding carboxylic acids is 1. The first-order valence-electron chi connectivity index (χ1n) is 7.99. The number of anilines is 1. The van der Waals surface area contributed by atoms with Gasteiger partial charge < -0.3 is 11.5 Å². The number of halogens is 1. The van der Waals surface area contributed by atoms with Crippen LogP contribution in [0.1, 0.15) is 48.2 Å². The summed E-state index contributed by atoms with van der Waals surface area (Å²) in [6.45, 7) is 4.00. The van der Waals surface area contributed by atoms with E-state index in [1.54, 1.807) is 24.3 Å². The van der Waals surface area contributed by atoms with E-state index in [1.165, 1.54) is 36.8 Å². The van der Waals surface area contributed by atoms with E-state index in [1.807, 2.05) is 19.9 Å². The Morgan fingerprint density at radius 1 is 0.957 bits per heavy atom. The Kier molecular flexibility index (Phi) is 8.20. The van der Waals surface area contributed by atoms with Crippen LogP contribution in [0.3, 0.4) is 0 Å². The van der Waals surface area contributed by atoms with Crippen molar-refractivity contribution in [2.45, 2.75) is 39.5 Å². The minimum atomic E-state index is -0.431. The third-order valence-electron chi connectivity index (χ3n) is 3.51. The van der Waals surface area contributed by atoms with E-state index in [0.717, 1.165) is 5.02 Å². The maximum atomic E-state index is 10.5. The summed E-state index contributed by atoms with van der Waals surface area (Å²) in [5.41, 5.74) is 14.4. The number of nitrogens with two attached hydrogens (primary N) is 2. The van der Waals surface area contributed by atoms with Gasteiger partial charge in [0.15, 0.2) is 0 Å². The Labute approximate surface area is 143 Å². The third kappa shape index (κ3) is 6.33. The van der Waals surface area contributed by atoms with Gasteiger partial charge in [-0.05, 0) is 73.2 Å². The summed E-state index contributed by atoms with van der Waals surface area (Å²) in [7, 11) is 0. The molecular weight excluding hydrogens is 308 g/mol. The van der Waals surface area contributed by atoms with Crippen LogP contribution in [0.5, 0.6) is 0 Å². The van der Waals surface area contributed by atoms with Gasteiger partial charge in [0.05, 0.1) is 0 Å². The molecule has 3 nitrogen and oxygen atoms in total. The molecule has 0 fully saturated rings. The zero-order chi connectivity index (χ0) is 17.2. The summed E-state index contributed by atoms with van der Waals surface area (Å²) in [4.78, 5) is 10.5. The average molecular weight is 333 g/mol. The fourth-order valence-corrected chi connectivity index (χ4v) is 2.54. The highest BCUT2D eigenvalue weighted by atomic mass is 35.5. The quantitative estimate of drug-likeness (QED) is 0.748. The number of fused-ring (bicyclic) bond motifs is 1. The maximum absolute atomic E-state index is 10.5. The van der Waals surface area contributed by atoms with E-state index in [-0.39, 0.29) is 0 Å². The molecule has 0 bridgehead atoms. The van der Waals surface area contributed by atoms with Gasteiger partial charge in [0.2, 0.25) is 5.91 Å². The van der Waals surface area contributed by atoms with Crippen LogP contribution >= 0.6 is 11.6 Å². The molecule has 0 unspecified atom stereocenters. The largest absolute Gasteiger partial charge is 0.399 e. The SMILES string of the molecule is CC.Clc1ccc2c(c1)CCCC2.NC(=O)c1ccc(N)cc1. The van der Waals surface area contributed by atoms with Crippen LogP contribution in [0, 0.1) is 0 Å². The van der Waals surface area contributed by atoms with E-state index in [2.05, 4.69) is 12.1 Å². The number of hydrogen-bond donors (Lipinski definition) is 2. The molecule has 0 aliphatic heterocycles. The van der Waals surface area contributed by atoms with Crippen molar-refractivity contribution in [1.82, 2.24) is 0 Å². The summed E-state index contributed by atoms with van der Waals surface area (Å²) < 4.78 is 0. The molecule has 1 amide bonds. The number of hydrogen-bond acceptors (Lipinski definition) is 2. The summed E-state index contributed by atoms with van der Waals surface area (Å²) in [6.07, 6.45) is 5.13. The predicted octanol–water partition coefficient (Wildman–Crippen LogP) is 4.61. The Hall–Kier alpha value is -2.00. The molecule has 0 radical (unpaired) electrons. The predicted molar refractivity (Wildman–Crippen MR) is 98.8 cm³/mol. The third-order valence-corrected chi connectivity index (χ3v) is 3.74. The second-order valence-corrected chi connectivity index (χ2v) is 5.54. The zero-order valence-electron chi connectivity index (χ0n) is 13.8. The van der Waals surface area contributed by atoms with Gasteiger partial charge in [0, 0.05) is 16.3 Å². The molecule has 23 heavy (non-hydrogen) atoms. The molecule has 0 heterocycles. The van der Waals surface area contributed by atoms with Gasteiger partial charge in [-0.25, -0.2) is 0 Å². The van der Waals surface area contributed by atoms with Gasteiger partial charge in [-0.3, -0.25) is 4.79 Å². The van der Waals surface area contributed by atoms with Crippen LogP contribution in [0.25, 0.3) is 0 Å². The minimum Gasteiger partial charge on any atom is -0.399 e. The Morgan fingerprint density at radius 3 is 2.09 bits per heavy atom. The van der Waals surface area contributed by atoms with E-state index >= 15 is 0 Å². The molecule has 2 aromatic rings. The fraction of sp³-hybridized carbons (Fsp3) is 0.316. The summed E-state index contributed by atoms with van der Waals surface area (Å²) in [5.74, 6) is -0.431. The van der Waals surface area contributed by atoms with Crippen molar-refractivity contribution in [2.24, 2.45) is 5.73 Å². The van der Waals surface area contributed by atoms with Crippen LogP contribution in [0.15, 0.2) is 42.5 Å². The molecule has 0 saturated heterocycles. The monoisotopic (exact) mass is 332 g/mol. The van der Waals surface area contributed by atoms with Crippen molar-refractivity contribution in [3.8, 4) is 0 Å². The van der Waals surface area contributed by atoms with Gasteiger partial charge in [-0.1, -0.05) is 31.5 Å². The zero-order valence-corrected chi connectivity index (χ0v) is 14.6. The lowest BCUT2D eigenvalue weighted by atomic mass is 9.92. The van der Waals surface area contributed by atoms with Gasteiger partial charge >= 0.3 is 0 Å². The van der Waals surface area contributed by atoms with Crippen LogP contribution < -0.4 is 11.5 Å². The Morgan fingerprint density at radius 2 is 1.52 bits per heavy atom. The van der Waals surface area contributed by atoms with Crippen molar-refractivity contribution in [3.63, 3.8) is 0 Å². The molecule has 0 saturated carbocycles. The first kappa shape index (κ1) is 19.0. The van der Waals surface area contributed by atoms with Gasteiger partial charge in [0.25, 0.3) is 0 Å². The fourth-order valence-electron chi connectivity index (χ4n) is 2.35. The molecule has 124 valence electrons. The summed E-state index contributed by atoms with van der Waals surface area (Å²) >= 11 is 5.88. The van der Waals surface area contributed by atoms with Gasteiger partial charge in [-0.15, -0.1) is 0 Å². The van der Waals surface area contributed by atoms with Gasteiger partial charge in [-0.2, -0.15) is 0 Å². The molecule has 3 rings (SSSR count). The van der Waals surface area contributed by atoms with E-state index < -0.39 is 5.91 Å². The standard InChI is InChI=1S/C10H11Cl.C7H8N2O.C2H6/c11-10-6-5-8-3-1-2-4-9(8)7-10;8-6-3-1-5(2-4-6)7(9)10;1-2/h5-7H,1-4H2;1-4H,8H2,(H2,9,10);1-2H3. The highest BCUT2D eigenvalue weighted by molar-refractivity contribution is 6.30. The molecule has 4 N–H and O–H groups in total. The summed E-state index contributed by atoms with van der Waals surface area (Å²) in [5, 5.41) is 0.880. The van der Waals surface area contributed by atoms with Crippen molar-refractivity contribution >= 4 is 23.2 Å². The number of rotatable bonds is 1. The Balaban J connectivity index is 0.000000209. The lowest BCUT2D eigenvalue weighted by Crippen LogP contribution is -2.10. The lowest BCUT2D eigenvalue weighted by Gasteiger charge is -2.14. The molecule has 0 spiro atoms. The van der Waals surface area contributed by atoms with E-state index in [0.29, 0.717) is 11.3 Å². The Bertz CT molecular complexity index is 624. The normalized spacial score (nSPS) is 12.0. The first-order chi connectivity index (χ1) is 11.1. The van der Waals surface area contributed by atoms with E-state index in [9.17, 15) is 4.79 Å². The van der Waals surface area contributed by atoms with Crippen LogP contribution in [0.2, 0.25) is 5.02 Å². The minimum absolute atomic E-state index is 0.431. The molecule has 1 aliphatic carbocycles. The van der Waals surface area contributed by atoms with Crippen molar-refractivity contribution in [2.75, 3.05) is 5.73 Å². The molecular formula is C19H25ClN2O. The maximum Gasteiger partial charge on any atom is 0.248 e. The van der Waals surface area contributed by atoms with E-state index in [4.69, 9.17) is 23.1 Å². The summed E-state index contributed by atoms with van der Waals surface area (Å²) in [6, 6.07) is 12.7. The number of amides is 1. The average Bonchev–Trinajstić information content (AvgIpc) is 2.57. The lowest BCUT2D eigenvalue weighted by molar-refractivity contribution is 0.100. The molecule has 2 aromatic carbocycles. The molecule has 4 heteroatoms. The smallest absolute Gasteiger partial charge is 0.248 e.